The zero-order valence-corrected chi connectivity index (χ0v) is 16.2. The maximum atomic E-state index is 12.6. The Morgan fingerprint density at radius 2 is 1.89 bits per heavy atom. The van der Waals surface area contributed by atoms with Gasteiger partial charge in [0.1, 0.15) is 5.52 Å². The molecule has 27 heavy (non-hydrogen) atoms. The van der Waals surface area contributed by atoms with E-state index in [4.69, 9.17) is 0 Å². The summed E-state index contributed by atoms with van der Waals surface area (Å²) in [6, 6.07) is 13.0. The van der Waals surface area contributed by atoms with Gasteiger partial charge in [-0.15, -0.1) is 0 Å². The van der Waals surface area contributed by atoms with Gasteiger partial charge in [0.2, 0.25) is 11.9 Å². The van der Waals surface area contributed by atoms with Gasteiger partial charge in [-0.1, -0.05) is 44.2 Å². The summed E-state index contributed by atoms with van der Waals surface area (Å²) in [5.41, 5.74) is 1.85. The maximum absolute atomic E-state index is 12.6. The van der Waals surface area contributed by atoms with Crippen LogP contribution in [0.1, 0.15) is 38.4 Å². The highest BCUT2D eigenvalue weighted by Gasteiger charge is 2.27. The number of carbonyl (C=O) groups excluding carboxylic acids is 1. The molecular formula is C21H26N4O2. The Morgan fingerprint density at radius 1 is 1.19 bits per heavy atom. The standard InChI is InChI=1S/C21H26N4O2/c1-14(2)13-25-19-17(11-10-15(3)22-19)23-20(25)24-18(26)12-21(4,27)16-8-6-5-7-9-16/h5-11,14,27H,12-13H2,1-4H3,(H,23,24,26)/t21-/m0/s1. The van der Waals surface area contributed by atoms with Crippen LogP contribution in [0.5, 0.6) is 0 Å². The van der Waals surface area contributed by atoms with Crippen molar-refractivity contribution >= 4 is 23.0 Å². The van der Waals surface area contributed by atoms with E-state index in [1.807, 2.05) is 54.0 Å². The van der Waals surface area contributed by atoms with Crippen LogP contribution in [0.4, 0.5) is 5.95 Å². The number of rotatable bonds is 6. The van der Waals surface area contributed by atoms with Gasteiger partial charge in [0, 0.05) is 12.2 Å². The van der Waals surface area contributed by atoms with Gasteiger partial charge >= 0.3 is 0 Å². The Balaban J connectivity index is 1.86. The van der Waals surface area contributed by atoms with Gasteiger partial charge in [0.05, 0.1) is 12.0 Å². The molecule has 1 aromatic carbocycles. The number of hydrogen-bond acceptors (Lipinski definition) is 4. The average molecular weight is 366 g/mol. The second kappa shape index (κ2) is 7.48. The molecule has 0 spiro atoms. The molecule has 2 heterocycles. The smallest absolute Gasteiger partial charge is 0.229 e. The van der Waals surface area contributed by atoms with Gasteiger partial charge in [0.15, 0.2) is 5.65 Å². The molecule has 6 heteroatoms. The summed E-state index contributed by atoms with van der Waals surface area (Å²) in [6.07, 6.45) is -0.0612. The first-order valence-corrected chi connectivity index (χ1v) is 9.18. The number of imidazole rings is 1. The number of nitrogens with zero attached hydrogens (tertiary/aromatic N) is 3. The van der Waals surface area contributed by atoms with E-state index in [1.165, 1.54) is 0 Å². The topological polar surface area (TPSA) is 80.0 Å². The van der Waals surface area contributed by atoms with Crippen molar-refractivity contribution in [1.82, 2.24) is 14.5 Å². The quantitative estimate of drug-likeness (QED) is 0.698. The number of carbonyl (C=O) groups is 1. The molecule has 0 bridgehead atoms. The molecule has 0 aliphatic heterocycles. The number of fused-ring (bicyclic) bond motifs is 1. The van der Waals surface area contributed by atoms with Gasteiger partial charge in [0.25, 0.3) is 0 Å². The molecule has 2 aromatic heterocycles. The predicted molar refractivity (Wildman–Crippen MR) is 106 cm³/mol. The number of aromatic nitrogens is 3. The minimum Gasteiger partial charge on any atom is -0.385 e. The summed E-state index contributed by atoms with van der Waals surface area (Å²) in [6.45, 7) is 8.48. The second-order valence-electron chi connectivity index (χ2n) is 7.60. The molecule has 1 amide bonds. The van der Waals surface area contributed by atoms with Crippen LogP contribution in [0.3, 0.4) is 0 Å². The van der Waals surface area contributed by atoms with Crippen LogP contribution in [0, 0.1) is 12.8 Å². The van der Waals surface area contributed by atoms with Gasteiger partial charge in [-0.25, -0.2) is 9.97 Å². The molecule has 0 radical (unpaired) electrons. The molecule has 0 aliphatic rings. The first-order valence-electron chi connectivity index (χ1n) is 9.18. The predicted octanol–water partition coefficient (Wildman–Crippen LogP) is 3.63. The summed E-state index contributed by atoms with van der Waals surface area (Å²) in [5.74, 6) is 0.541. The van der Waals surface area contributed by atoms with Gasteiger partial charge < -0.3 is 5.11 Å². The number of pyridine rings is 1. The van der Waals surface area contributed by atoms with E-state index in [2.05, 4.69) is 29.1 Å². The van der Waals surface area contributed by atoms with E-state index in [0.717, 1.165) is 16.9 Å². The van der Waals surface area contributed by atoms with Crippen molar-refractivity contribution < 1.29 is 9.90 Å². The van der Waals surface area contributed by atoms with Crippen LogP contribution in [-0.2, 0) is 16.9 Å². The molecule has 2 N–H and O–H groups in total. The zero-order chi connectivity index (χ0) is 19.6. The fourth-order valence-corrected chi connectivity index (χ4v) is 3.11. The van der Waals surface area contributed by atoms with Crippen LogP contribution >= 0.6 is 0 Å². The minimum absolute atomic E-state index is 0.0612. The fraction of sp³-hybridized carbons (Fsp3) is 0.381. The fourth-order valence-electron chi connectivity index (χ4n) is 3.11. The number of anilines is 1. The lowest BCUT2D eigenvalue weighted by atomic mass is 9.92. The Bertz CT molecular complexity index is 945. The van der Waals surface area contributed by atoms with Crippen molar-refractivity contribution in [3.05, 3.63) is 53.7 Å². The number of hydrogen-bond donors (Lipinski definition) is 2. The first-order chi connectivity index (χ1) is 12.8. The van der Waals surface area contributed by atoms with Crippen LogP contribution < -0.4 is 5.32 Å². The molecule has 0 saturated carbocycles. The third-order valence-electron chi connectivity index (χ3n) is 4.43. The lowest BCUT2D eigenvalue weighted by Crippen LogP contribution is -2.29. The molecule has 3 rings (SSSR count). The minimum atomic E-state index is -1.25. The van der Waals surface area contributed by atoms with Crippen molar-refractivity contribution in [2.45, 2.75) is 46.3 Å². The normalized spacial score (nSPS) is 13.7. The van der Waals surface area contributed by atoms with Crippen LogP contribution in [-0.4, -0.2) is 25.5 Å². The van der Waals surface area contributed by atoms with Gasteiger partial charge in [-0.05, 0) is 37.5 Å². The van der Waals surface area contributed by atoms with Crippen molar-refractivity contribution in [3.63, 3.8) is 0 Å². The highest BCUT2D eigenvalue weighted by atomic mass is 16.3. The molecule has 3 aromatic rings. The van der Waals surface area contributed by atoms with E-state index < -0.39 is 5.60 Å². The summed E-state index contributed by atoms with van der Waals surface area (Å²) in [7, 11) is 0. The van der Waals surface area contributed by atoms with Gasteiger partial charge in [-0.2, -0.15) is 0 Å². The van der Waals surface area contributed by atoms with Crippen LogP contribution in [0.2, 0.25) is 0 Å². The van der Waals surface area contributed by atoms with E-state index in [-0.39, 0.29) is 12.3 Å². The molecule has 6 nitrogen and oxygen atoms in total. The van der Waals surface area contributed by atoms with Crippen LogP contribution in [0.25, 0.3) is 11.2 Å². The summed E-state index contributed by atoms with van der Waals surface area (Å²) >= 11 is 0. The Kier molecular flexibility index (Phi) is 5.28. The Hall–Kier alpha value is -2.73. The highest BCUT2D eigenvalue weighted by molar-refractivity contribution is 5.91. The van der Waals surface area contributed by atoms with Crippen molar-refractivity contribution in [2.24, 2.45) is 5.92 Å². The van der Waals surface area contributed by atoms with Crippen LogP contribution in [0.15, 0.2) is 42.5 Å². The number of aryl methyl sites for hydroxylation is 1. The van der Waals surface area contributed by atoms with Crippen molar-refractivity contribution in [3.8, 4) is 0 Å². The molecule has 0 aliphatic carbocycles. The monoisotopic (exact) mass is 366 g/mol. The lowest BCUT2D eigenvalue weighted by Gasteiger charge is -2.23. The third kappa shape index (κ3) is 4.34. The Labute approximate surface area is 159 Å². The van der Waals surface area contributed by atoms with E-state index in [9.17, 15) is 9.90 Å². The lowest BCUT2D eigenvalue weighted by molar-refractivity contribution is -0.120. The Morgan fingerprint density at radius 3 is 2.56 bits per heavy atom. The molecule has 142 valence electrons. The SMILES string of the molecule is Cc1ccc2nc(NC(=O)C[C@](C)(O)c3ccccc3)n(CC(C)C)c2n1. The van der Waals surface area contributed by atoms with Crippen molar-refractivity contribution in [1.29, 1.82) is 0 Å². The molecule has 0 saturated heterocycles. The largest absolute Gasteiger partial charge is 0.385 e. The number of benzene rings is 1. The van der Waals surface area contributed by atoms with E-state index in [0.29, 0.717) is 24.0 Å². The third-order valence-corrected chi connectivity index (χ3v) is 4.43. The molecule has 1 atom stereocenters. The first kappa shape index (κ1) is 19.0. The number of nitrogens with one attached hydrogen (secondary N) is 1. The molecular weight excluding hydrogens is 340 g/mol. The average Bonchev–Trinajstić information content (AvgIpc) is 2.91. The number of amides is 1. The highest BCUT2D eigenvalue weighted by Crippen LogP contribution is 2.26. The summed E-state index contributed by atoms with van der Waals surface area (Å²) < 4.78 is 1.93. The number of aliphatic hydroxyl groups is 1. The van der Waals surface area contributed by atoms with Crippen molar-refractivity contribution in [2.75, 3.05) is 5.32 Å². The summed E-state index contributed by atoms with van der Waals surface area (Å²) in [5, 5.41) is 13.6. The summed E-state index contributed by atoms with van der Waals surface area (Å²) in [4.78, 5) is 21.8. The molecule has 0 unspecified atom stereocenters. The van der Waals surface area contributed by atoms with Gasteiger partial charge in [-0.3, -0.25) is 14.7 Å². The second-order valence-corrected chi connectivity index (χ2v) is 7.60. The molecule has 0 fully saturated rings. The van der Waals surface area contributed by atoms with E-state index >= 15 is 0 Å². The zero-order valence-electron chi connectivity index (χ0n) is 16.2. The maximum Gasteiger partial charge on any atom is 0.229 e. The van der Waals surface area contributed by atoms with E-state index in [1.54, 1.807) is 6.92 Å².